The number of halogens is 1. The lowest BCUT2D eigenvalue weighted by molar-refractivity contribution is -0.837. The van der Waals surface area contributed by atoms with Gasteiger partial charge in [0.25, 0.3) is 6.26 Å². The van der Waals surface area contributed by atoms with Gasteiger partial charge in [-0.2, -0.15) is 0 Å². The highest BCUT2D eigenvalue weighted by molar-refractivity contribution is 7.02. The molecule has 2 nitrogen and oxygen atoms in total. The Hall–Kier alpha value is 0.340. The lowest BCUT2D eigenvalue weighted by Crippen LogP contribution is -2.68. The minimum absolute atomic E-state index is 0.245. The van der Waals surface area contributed by atoms with Crippen LogP contribution in [0.4, 0.5) is 0 Å². The van der Waals surface area contributed by atoms with E-state index in [1.807, 2.05) is 0 Å². The number of hydrogen-bond acceptors (Lipinski definition) is 0. The monoisotopic (exact) mass is 173 g/mol. The molecule has 0 spiro atoms. The minimum Gasteiger partial charge on any atom is -0.587 e. The number of hydrogen-bond donors (Lipinski definition) is 0. The van der Waals surface area contributed by atoms with E-state index in [1.54, 1.807) is 0 Å². The fourth-order valence-electron chi connectivity index (χ4n) is 1.23. The minimum atomic E-state index is 0.245. The number of nitrogens with zero attached hydrogens (tertiary/aromatic N) is 2. The maximum atomic E-state index is 6.23. The average molecular weight is 173 g/mol. The van der Waals surface area contributed by atoms with Crippen LogP contribution in [-0.2, 0) is 0 Å². The molecule has 63 valence electrons. The zero-order chi connectivity index (χ0) is 8.70. The van der Waals surface area contributed by atoms with Crippen molar-refractivity contribution in [2.45, 2.75) is 0 Å². The Balaban J connectivity index is 2.63. The zero-order valence-corrected chi connectivity index (χ0v) is 8.60. The third-order valence-electron chi connectivity index (χ3n) is 2.43. The maximum Gasteiger partial charge on any atom is 0.276 e. The predicted molar refractivity (Wildman–Crippen MR) is 51.3 cm³/mol. The Kier molecular flexibility index (Phi) is 2.30. The molecule has 0 unspecified atom stereocenters. The molecule has 1 fully saturated rings. The Labute approximate surface area is 75.6 Å². The Bertz CT molecular complexity index is 161. The van der Waals surface area contributed by atoms with Crippen molar-refractivity contribution in [2.24, 2.45) is 0 Å². The van der Waals surface area contributed by atoms with E-state index in [1.165, 1.54) is 0 Å². The van der Waals surface area contributed by atoms with E-state index in [4.69, 9.17) is 11.5 Å². The van der Waals surface area contributed by atoms with Crippen molar-refractivity contribution in [1.82, 2.24) is 0 Å². The van der Waals surface area contributed by atoms with Gasteiger partial charge in [0.2, 0.25) is 0 Å². The van der Waals surface area contributed by atoms with Crippen molar-refractivity contribution in [1.29, 1.82) is 0 Å². The van der Waals surface area contributed by atoms with Crippen LogP contribution in [-0.4, -0.2) is 63.5 Å². The van der Waals surface area contributed by atoms with Gasteiger partial charge in [0, 0.05) is 28.2 Å². The standard InChI is InChI=1S/C6H16B2ClN2/c1-10(2)6-8(9)11(3,4)5-7-10/h5-6H2,1-4H3. The summed E-state index contributed by atoms with van der Waals surface area (Å²) in [6, 6.07) is 0. The molecule has 0 bridgehead atoms. The Morgan fingerprint density at radius 1 is 1.27 bits per heavy atom. The normalized spacial score (nSPS) is 30.3. The molecular weight excluding hydrogens is 157 g/mol. The summed E-state index contributed by atoms with van der Waals surface area (Å²) in [5.74, 6) is 0. The molecule has 0 amide bonds. The molecule has 1 rings (SSSR count). The zero-order valence-electron chi connectivity index (χ0n) is 7.84. The molecule has 1 saturated heterocycles. The van der Waals surface area contributed by atoms with Gasteiger partial charge in [-0.25, -0.2) is 0 Å². The van der Waals surface area contributed by atoms with Gasteiger partial charge >= 0.3 is 0 Å². The largest absolute Gasteiger partial charge is 0.587 e. The second kappa shape index (κ2) is 2.68. The van der Waals surface area contributed by atoms with E-state index in [2.05, 4.69) is 35.6 Å². The molecule has 0 N–H and O–H groups in total. The third-order valence-corrected chi connectivity index (χ3v) is 3.09. The van der Waals surface area contributed by atoms with Crippen LogP contribution in [0.2, 0.25) is 0 Å². The first-order valence-electron chi connectivity index (χ1n) is 3.97. The summed E-state index contributed by atoms with van der Waals surface area (Å²) in [6.45, 7) is 0. The topological polar surface area (TPSA) is 0 Å². The fourth-order valence-corrected chi connectivity index (χ4v) is 1.67. The molecule has 0 aromatic carbocycles. The molecule has 3 radical (unpaired) electrons. The molecule has 0 aromatic rings. The molecule has 0 saturated carbocycles. The van der Waals surface area contributed by atoms with Crippen LogP contribution in [0.3, 0.4) is 0 Å². The van der Waals surface area contributed by atoms with Gasteiger partial charge in [0.1, 0.15) is 0 Å². The van der Waals surface area contributed by atoms with Gasteiger partial charge in [-0.1, -0.05) is 6.44 Å². The van der Waals surface area contributed by atoms with Gasteiger partial charge in [0.05, 0.1) is 7.41 Å². The third kappa shape index (κ3) is 2.14. The van der Waals surface area contributed by atoms with Crippen LogP contribution in [0, 0.1) is 0 Å². The first kappa shape index (κ1) is 9.43. The van der Waals surface area contributed by atoms with Crippen LogP contribution in [0.25, 0.3) is 0 Å². The van der Waals surface area contributed by atoms with E-state index in [0.717, 1.165) is 21.7 Å². The summed E-state index contributed by atoms with van der Waals surface area (Å²) < 4.78 is 1.85. The lowest BCUT2D eigenvalue weighted by atomic mass is 9.69. The van der Waals surface area contributed by atoms with Crippen LogP contribution in [0.1, 0.15) is 0 Å². The molecule has 1 aliphatic rings. The van der Waals surface area contributed by atoms with Gasteiger partial charge < -0.3 is 20.2 Å². The summed E-state index contributed by atoms with van der Waals surface area (Å²) in [5.41, 5.74) is 0. The highest BCUT2D eigenvalue weighted by Crippen LogP contribution is 2.15. The summed E-state index contributed by atoms with van der Waals surface area (Å²) >= 11 is 6.23. The van der Waals surface area contributed by atoms with E-state index in [9.17, 15) is 0 Å². The van der Waals surface area contributed by atoms with Crippen molar-refractivity contribution in [3.63, 3.8) is 0 Å². The number of rotatable bonds is 0. The van der Waals surface area contributed by atoms with E-state index in [-0.39, 0.29) is 6.26 Å². The average Bonchev–Trinajstić information content (AvgIpc) is 1.81. The van der Waals surface area contributed by atoms with E-state index >= 15 is 0 Å². The first-order valence-corrected chi connectivity index (χ1v) is 4.41. The maximum absolute atomic E-state index is 6.23. The quantitative estimate of drug-likeness (QED) is 0.452. The van der Waals surface area contributed by atoms with Crippen LogP contribution in [0.5, 0.6) is 0 Å². The molecule has 0 atom stereocenters. The van der Waals surface area contributed by atoms with Crippen molar-refractivity contribution >= 4 is 25.1 Å². The molecule has 1 heterocycles. The summed E-state index contributed by atoms with van der Waals surface area (Å²) in [4.78, 5) is 0. The van der Waals surface area contributed by atoms with Crippen molar-refractivity contribution in [2.75, 3.05) is 41.1 Å². The molecule has 0 aliphatic carbocycles. The summed E-state index contributed by atoms with van der Waals surface area (Å²) in [5, 5.41) is 0. The van der Waals surface area contributed by atoms with Crippen molar-refractivity contribution in [3.05, 3.63) is 0 Å². The van der Waals surface area contributed by atoms with Gasteiger partial charge in [-0.15, -0.1) is 0 Å². The van der Waals surface area contributed by atoms with E-state index in [0.29, 0.717) is 0 Å². The molecule has 11 heavy (non-hydrogen) atoms. The second-order valence-electron chi connectivity index (χ2n) is 4.54. The van der Waals surface area contributed by atoms with Gasteiger partial charge in [-0.05, 0) is 6.44 Å². The van der Waals surface area contributed by atoms with Crippen LogP contribution in [0.15, 0.2) is 0 Å². The van der Waals surface area contributed by atoms with Crippen molar-refractivity contribution in [3.8, 4) is 0 Å². The van der Waals surface area contributed by atoms with Crippen LogP contribution >= 0.6 is 11.5 Å². The molecular formula is C6H16B2ClN2. The summed E-state index contributed by atoms with van der Waals surface area (Å²) in [7, 11) is 11.0. The van der Waals surface area contributed by atoms with Gasteiger partial charge in [-0.3, -0.25) is 0 Å². The smallest absolute Gasteiger partial charge is 0.276 e. The Morgan fingerprint density at radius 2 is 1.82 bits per heavy atom. The van der Waals surface area contributed by atoms with Crippen molar-refractivity contribution < 1.29 is 8.79 Å². The number of quaternary nitrogens is 2. The summed E-state index contributed by atoms with van der Waals surface area (Å²) in [6.07, 6.45) is 2.32. The highest BCUT2D eigenvalue weighted by atomic mass is 35.5. The van der Waals surface area contributed by atoms with Crippen LogP contribution < -0.4 is 0 Å². The molecule has 0 aromatic heterocycles. The first-order chi connectivity index (χ1) is 4.83. The van der Waals surface area contributed by atoms with E-state index < -0.39 is 0 Å². The molecule has 5 heteroatoms. The second-order valence-corrected chi connectivity index (χ2v) is 5.04. The SMILES string of the molecule is C[N+]1(C)[B-]C[N+](C)(C)[B-](Cl)C1. The highest BCUT2D eigenvalue weighted by Gasteiger charge is 2.25. The fraction of sp³-hybridized carbons (Fsp3) is 1.00. The lowest BCUT2D eigenvalue weighted by Gasteiger charge is -2.61. The Morgan fingerprint density at radius 3 is 2.18 bits per heavy atom. The molecule has 1 aliphatic heterocycles. The van der Waals surface area contributed by atoms with Gasteiger partial charge in [0.15, 0.2) is 0 Å². The predicted octanol–water partition coefficient (Wildman–Crippen LogP) is -0.00430.